The first-order valence-electron chi connectivity index (χ1n) is 16.8. The number of hydrogen-bond acceptors (Lipinski definition) is 8. The van der Waals surface area contributed by atoms with E-state index >= 15 is 0 Å². The Hall–Kier alpha value is -4.63. The van der Waals surface area contributed by atoms with Gasteiger partial charge in [-0.25, -0.2) is 0 Å². The maximum atomic E-state index is 11.5. The number of halogens is 1. The zero-order valence-electron chi connectivity index (χ0n) is 30.2. The molecule has 51 heavy (non-hydrogen) atoms. The lowest BCUT2D eigenvalue weighted by Gasteiger charge is -2.21. The molecule has 0 aliphatic carbocycles. The number of aliphatic hydroxyl groups excluding tert-OH is 2. The Bertz CT molecular complexity index is 1770. The summed E-state index contributed by atoms with van der Waals surface area (Å²) in [6.07, 6.45) is 2.72. The fraction of sp³-hybridized carbons (Fsp3) is 0.333. The van der Waals surface area contributed by atoms with Crippen LogP contribution in [0.1, 0.15) is 107 Å². The molecule has 0 radical (unpaired) electrons. The van der Waals surface area contributed by atoms with Crippen molar-refractivity contribution in [3.8, 4) is 0 Å². The minimum atomic E-state index is -0.509. The lowest BCUT2D eigenvalue weighted by Crippen LogP contribution is -2.14. The van der Waals surface area contributed by atoms with Gasteiger partial charge in [-0.3, -0.25) is 9.59 Å². The highest BCUT2D eigenvalue weighted by molar-refractivity contribution is 6.66. The molecule has 0 saturated heterocycles. The number of Topliss-reactive ketones (excluding diaryl/α,β-unsaturated/α-hetero) is 2. The van der Waals surface area contributed by atoms with E-state index in [0.29, 0.717) is 24.0 Å². The summed E-state index contributed by atoms with van der Waals surface area (Å²) in [5.74, 6) is -0.952. The first-order valence-corrected chi connectivity index (χ1v) is 17.2. The van der Waals surface area contributed by atoms with Crippen LogP contribution in [0.5, 0.6) is 0 Å². The highest BCUT2D eigenvalue weighted by Gasteiger charge is 2.21. The van der Waals surface area contributed by atoms with Crippen LogP contribution in [0.15, 0.2) is 107 Å². The van der Waals surface area contributed by atoms with E-state index in [1.807, 2.05) is 36.4 Å². The molecule has 4 aromatic rings. The summed E-state index contributed by atoms with van der Waals surface area (Å²) in [6, 6.07) is 30.6. The minimum absolute atomic E-state index is 0.0535. The summed E-state index contributed by atoms with van der Waals surface area (Å²) in [5, 5.41) is 42.5. The topological polar surface area (TPSA) is 140 Å². The van der Waals surface area contributed by atoms with E-state index in [0.717, 1.165) is 22.3 Å². The Morgan fingerprint density at radius 3 is 1.37 bits per heavy atom. The fourth-order valence-corrected chi connectivity index (χ4v) is 5.72. The SMILES string of the molecule is CC(C)(C)c1ccc(C(/C=N/O)Cc2ccc(C(=O)CO)cc2)cc1.CC(C)(C)c1ccc(C(Cc2ccc(C(=O)CO)cc2)/C(Cl)=N/O)cc1. The maximum absolute atomic E-state index is 11.5. The van der Waals surface area contributed by atoms with Gasteiger partial charge in [0.25, 0.3) is 0 Å². The van der Waals surface area contributed by atoms with Crippen molar-refractivity contribution in [2.45, 2.75) is 77.0 Å². The van der Waals surface area contributed by atoms with Crippen LogP contribution in [0.25, 0.3) is 0 Å². The molecule has 0 bridgehead atoms. The zero-order valence-corrected chi connectivity index (χ0v) is 30.9. The molecule has 0 amide bonds. The number of aliphatic hydroxyl groups is 2. The molecule has 8 nitrogen and oxygen atoms in total. The molecular formula is C42H49ClN2O6. The molecule has 4 aromatic carbocycles. The van der Waals surface area contributed by atoms with Gasteiger partial charge in [-0.15, -0.1) is 5.16 Å². The zero-order chi connectivity index (χ0) is 37.8. The summed E-state index contributed by atoms with van der Waals surface area (Å²) in [4.78, 5) is 23.0. The van der Waals surface area contributed by atoms with Crippen molar-refractivity contribution in [1.29, 1.82) is 0 Å². The summed E-state index contributed by atoms with van der Waals surface area (Å²) < 4.78 is 0. The van der Waals surface area contributed by atoms with Crippen LogP contribution >= 0.6 is 11.6 Å². The standard InChI is InChI=1S/C21H24ClNO3.C21H25NO3/c1-21(2,3)17-10-8-15(9-11-17)18(20(22)23-26)12-14-4-6-16(7-5-14)19(25)13-24;1-21(2,3)19-10-8-16(9-11-19)18(13-22-25)12-15-4-6-17(7-5-15)20(24)14-23/h4-11,18,24,26H,12-13H2,1-3H3;4-11,13,18,23,25H,12,14H2,1-3H3/b23-20-;22-13+. The Balaban J connectivity index is 0.000000276. The Morgan fingerprint density at radius 2 is 1.02 bits per heavy atom. The van der Waals surface area contributed by atoms with Crippen molar-refractivity contribution in [3.63, 3.8) is 0 Å². The van der Waals surface area contributed by atoms with Crippen LogP contribution in [-0.2, 0) is 23.7 Å². The average Bonchev–Trinajstić information content (AvgIpc) is 3.13. The monoisotopic (exact) mass is 712 g/mol. The molecule has 270 valence electrons. The van der Waals surface area contributed by atoms with Crippen LogP contribution in [0.3, 0.4) is 0 Å². The van der Waals surface area contributed by atoms with Crippen molar-refractivity contribution in [3.05, 3.63) is 142 Å². The number of rotatable bonds is 12. The number of ketones is 2. The summed E-state index contributed by atoms with van der Waals surface area (Å²) >= 11 is 6.16. The van der Waals surface area contributed by atoms with Gasteiger partial charge in [-0.2, -0.15) is 0 Å². The van der Waals surface area contributed by atoms with E-state index in [1.165, 1.54) is 17.3 Å². The highest BCUT2D eigenvalue weighted by Crippen LogP contribution is 2.29. The first kappa shape index (κ1) is 40.8. The van der Waals surface area contributed by atoms with E-state index < -0.39 is 13.2 Å². The van der Waals surface area contributed by atoms with Crippen molar-refractivity contribution >= 4 is 34.6 Å². The molecule has 0 heterocycles. The number of hydrogen-bond donors (Lipinski definition) is 4. The van der Waals surface area contributed by atoms with Crippen LogP contribution in [0.2, 0.25) is 0 Å². The van der Waals surface area contributed by atoms with Crippen LogP contribution in [0, 0.1) is 0 Å². The molecule has 9 heteroatoms. The lowest BCUT2D eigenvalue weighted by atomic mass is 9.84. The van der Waals surface area contributed by atoms with Gasteiger partial charge in [-0.1, -0.05) is 155 Å². The third kappa shape index (κ3) is 12.0. The van der Waals surface area contributed by atoms with Crippen LogP contribution in [0.4, 0.5) is 0 Å². The lowest BCUT2D eigenvalue weighted by molar-refractivity contribution is 0.0898. The third-order valence-corrected chi connectivity index (χ3v) is 9.09. The van der Waals surface area contributed by atoms with Crippen molar-refractivity contribution in [2.75, 3.05) is 13.2 Å². The van der Waals surface area contributed by atoms with Gasteiger partial charge >= 0.3 is 0 Å². The average molecular weight is 713 g/mol. The molecule has 4 rings (SSSR count). The van der Waals surface area contributed by atoms with Gasteiger partial charge < -0.3 is 20.6 Å². The minimum Gasteiger partial charge on any atom is -0.411 e. The number of nitrogens with zero attached hydrogens (tertiary/aromatic N) is 2. The molecule has 0 saturated carbocycles. The second kappa shape index (κ2) is 18.6. The van der Waals surface area contributed by atoms with E-state index in [4.69, 9.17) is 32.2 Å². The Labute approximate surface area is 306 Å². The third-order valence-electron chi connectivity index (χ3n) is 8.75. The van der Waals surface area contributed by atoms with Crippen LogP contribution < -0.4 is 0 Å². The van der Waals surface area contributed by atoms with Gasteiger partial charge in [0, 0.05) is 23.0 Å². The largest absolute Gasteiger partial charge is 0.411 e. The molecule has 0 aliphatic heterocycles. The smallest absolute Gasteiger partial charge is 0.188 e. The van der Waals surface area contributed by atoms with Gasteiger partial charge in [-0.05, 0) is 57.1 Å². The van der Waals surface area contributed by atoms with E-state index in [-0.39, 0.29) is 39.4 Å². The second-order valence-electron chi connectivity index (χ2n) is 14.6. The summed E-state index contributed by atoms with van der Waals surface area (Å²) in [7, 11) is 0. The summed E-state index contributed by atoms with van der Waals surface area (Å²) in [5.41, 5.74) is 7.57. The molecule has 4 N–H and O–H groups in total. The molecule has 0 fully saturated rings. The molecule has 0 aliphatic rings. The Kier molecular flexibility index (Phi) is 14.8. The van der Waals surface area contributed by atoms with Crippen molar-refractivity contribution < 1.29 is 30.2 Å². The number of benzene rings is 4. The molecule has 0 spiro atoms. The van der Waals surface area contributed by atoms with Gasteiger partial charge in [0.05, 0.1) is 6.21 Å². The van der Waals surface area contributed by atoms with E-state index in [2.05, 4.69) is 88.3 Å². The number of carbonyl (C=O) groups excluding carboxylic acids is 2. The molecular weight excluding hydrogens is 664 g/mol. The second-order valence-corrected chi connectivity index (χ2v) is 14.9. The normalized spacial score (nSPS) is 13.3. The first-order chi connectivity index (χ1) is 24.1. The van der Waals surface area contributed by atoms with Gasteiger partial charge in [0.15, 0.2) is 16.7 Å². The number of oxime groups is 2. The van der Waals surface area contributed by atoms with E-state index in [9.17, 15) is 9.59 Å². The van der Waals surface area contributed by atoms with Crippen molar-refractivity contribution in [2.24, 2.45) is 10.3 Å². The highest BCUT2D eigenvalue weighted by atomic mass is 35.5. The maximum Gasteiger partial charge on any atom is 0.188 e. The molecule has 2 atom stereocenters. The Morgan fingerprint density at radius 1 is 0.627 bits per heavy atom. The van der Waals surface area contributed by atoms with Crippen molar-refractivity contribution in [1.82, 2.24) is 0 Å². The predicted molar refractivity (Wildman–Crippen MR) is 204 cm³/mol. The van der Waals surface area contributed by atoms with Gasteiger partial charge in [0.1, 0.15) is 13.2 Å². The number of carbonyl (C=O) groups is 2. The van der Waals surface area contributed by atoms with Crippen LogP contribution in [-0.4, -0.2) is 56.8 Å². The molecule has 2 unspecified atom stereocenters. The quantitative estimate of drug-likeness (QED) is 0.0503. The predicted octanol–water partition coefficient (Wildman–Crippen LogP) is 8.46. The molecule has 0 aromatic heterocycles. The van der Waals surface area contributed by atoms with E-state index in [1.54, 1.807) is 24.3 Å². The fourth-order valence-electron chi connectivity index (χ4n) is 5.52. The summed E-state index contributed by atoms with van der Waals surface area (Å²) in [6.45, 7) is 12.0. The van der Waals surface area contributed by atoms with Gasteiger partial charge in [0.2, 0.25) is 0 Å².